The van der Waals surface area contributed by atoms with Crippen molar-refractivity contribution in [2.24, 2.45) is 5.92 Å². The number of likely N-dealkylation sites (tertiary alicyclic amines) is 1. The number of rotatable bonds is 3. The molecule has 0 bridgehead atoms. The van der Waals surface area contributed by atoms with Crippen LogP contribution in [0, 0.1) is 5.92 Å². The summed E-state index contributed by atoms with van der Waals surface area (Å²) < 4.78 is 0. The van der Waals surface area contributed by atoms with Gasteiger partial charge >= 0.3 is 0 Å². The van der Waals surface area contributed by atoms with Gasteiger partial charge in [-0.1, -0.05) is 0 Å². The monoisotopic (exact) mass is 226 g/mol. The van der Waals surface area contributed by atoms with Crippen LogP contribution in [0.1, 0.15) is 27.2 Å². The van der Waals surface area contributed by atoms with E-state index in [0.717, 1.165) is 0 Å². The van der Waals surface area contributed by atoms with Crippen LogP contribution >= 0.6 is 0 Å². The van der Waals surface area contributed by atoms with E-state index >= 15 is 0 Å². The Bertz CT molecular complexity index is 292. The van der Waals surface area contributed by atoms with Crippen LogP contribution in [0.25, 0.3) is 0 Å². The molecule has 0 aromatic carbocycles. The van der Waals surface area contributed by atoms with Gasteiger partial charge in [-0.05, 0) is 19.3 Å². The molecule has 5 nitrogen and oxygen atoms in total. The molecule has 2 atom stereocenters. The highest BCUT2D eigenvalue weighted by Gasteiger charge is 2.36. The molecule has 1 saturated heterocycles. The van der Waals surface area contributed by atoms with E-state index in [1.807, 2.05) is 0 Å². The average Bonchev–Trinajstić information content (AvgIpc) is 2.58. The Hall–Kier alpha value is -1.39. The van der Waals surface area contributed by atoms with Gasteiger partial charge in [0.1, 0.15) is 0 Å². The first-order valence-corrected chi connectivity index (χ1v) is 5.44. The van der Waals surface area contributed by atoms with Crippen molar-refractivity contribution < 1.29 is 14.4 Å². The molecule has 16 heavy (non-hydrogen) atoms. The molecule has 90 valence electrons. The van der Waals surface area contributed by atoms with Crippen LogP contribution in [-0.2, 0) is 14.4 Å². The van der Waals surface area contributed by atoms with Crippen molar-refractivity contribution in [2.75, 3.05) is 13.1 Å². The number of carbonyl (C=O) groups is 3. The molecule has 0 saturated carbocycles. The molecule has 2 amide bonds. The third kappa shape index (κ3) is 3.05. The molecule has 1 aliphatic rings. The lowest BCUT2D eigenvalue weighted by Gasteiger charge is -2.20. The fourth-order valence-electron chi connectivity index (χ4n) is 2.09. The Kier molecular flexibility index (Phi) is 4.04. The van der Waals surface area contributed by atoms with E-state index in [1.165, 1.54) is 20.8 Å². The molecule has 1 unspecified atom stereocenters. The minimum atomic E-state index is -0.309. The summed E-state index contributed by atoms with van der Waals surface area (Å²) in [4.78, 5) is 35.1. The van der Waals surface area contributed by atoms with Gasteiger partial charge in [0.05, 0.1) is 6.04 Å². The Balaban J connectivity index is 2.58. The number of ketones is 1. The zero-order valence-corrected chi connectivity index (χ0v) is 9.95. The fourth-order valence-corrected chi connectivity index (χ4v) is 2.09. The van der Waals surface area contributed by atoms with Crippen LogP contribution in [0.2, 0.25) is 0 Å². The number of hydrogen-bond acceptors (Lipinski definition) is 3. The molecule has 0 aliphatic carbocycles. The summed E-state index contributed by atoms with van der Waals surface area (Å²) >= 11 is 0. The molecule has 0 spiro atoms. The number of nitrogens with one attached hydrogen (secondary N) is 1. The average molecular weight is 226 g/mol. The molecule has 1 heterocycles. The van der Waals surface area contributed by atoms with Gasteiger partial charge in [-0.3, -0.25) is 14.4 Å². The van der Waals surface area contributed by atoms with Crippen LogP contribution in [0.15, 0.2) is 0 Å². The first kappa shape index (κ1) is 12.7. The highest BCUT2D eigenvalue weighted by atomic mass is 16.2. The highest BCUT2D eigenvalue weighted by Crippen LogP contribution is 2.23. The highest BCUT2D eigenvalue weighted by molar-refractivity contribution is 5.87. The summed E-state index contributed by atoms with van der Waals surface area (Å²) in [6, 6.07) is -0.309. The lowest BCUT2D eigenvalue weighted by atomic mass is 10.0. The number of amides is 2. The SMILES string of the molecule is CC(=O)NCC1C[C@@H](C(C)=O)N(C(C)=O)C1. The van der Waals surface area contributed by atoms with E-state index in [0.29, 0.717) is 19.5 Å². The fraction of sp³-hybridized carbons (Fsp3) is 0.727. The summed E-state index contributed by atoms with van der Waals surface area (Å²) in [6.07, 6.45) is 0.648. The molecule has 5 heteroatoms. The second kappa shape index (κ2) is 5.09. The number of hydrogen-bond donors (Lipinski definition) is 1. The predicted octanol–water partition coefficient (Wildman–Crippen LogP) is -0.0515. The maximum Gasteiger partial charge on any atom is 0.220 e. The lowest BCUT2D eigenvalue weighted by Crippen LogP contribution is -2.38. The normalized spacial score (nSPS) is 24.3. The molecule has 1 fully saturated rings. The summed E-state index contributed by atoms with van der Waals surface area (Å²) in [5.41, 5.74) is 0. The minimum Gasteiger partial charge on any atom is -0.356 e. The molecule has 1 rings (SSSR count). The van der Waals surface area contributed by atoms with E-state index in [9.17, 15) is 14.4 Å². The molecule has 1 N–H and O–H groups in total. The summed E-state index contributed by atoms with van der Waals surface area (Å²) in [7, 11) is 0. The second-order valence-corrected chi connectivity index (χ2v) is 4.34. The molecular formula is C11H18N2O3. The third-order valence-corrected chi connectivity index (χ3v) is 2.90. The van der Waals surface area contributed by atoms with Gasteiger partial charge in [-0.15, -0.1) is 0 Å². The maximum absolute atomic E-state index is 11.4. The first-order chi connectivity index (χ1) is 7.41. The summed E-state index contributed by atoms with van der Waals surface area (Å²) in [5, 5.41) is 2.72. The van der Waals surface area contributed by atoms with Gasteiger partial charge in [0.2, 0.25) is 11.8 Å². The quantitative estimate of drug-likeness (QED) is 0.733. The van der Waals surface area contributed by atoms with Gasteiger partial charge in [0, 0.05) is 26.9 Å². The van der Waals surface area contributed by atoms with E-state index in [4.69, 9.17) is 0 Å². The van der Waals surface area contributed by atoms with Crippen molar-refractivity contribution >= 4 is 17.6 Å². The Labute approximate surface area is 95.2 Å². The van der Waals surface area contributed by atoms with Crippen molar-refractivity contribution in [3.05, 3.63) is 0 Å². The van der Waals surface area contributed by atoms with Crippen LogP contribution in [-0.4, -0.2) is 41.6 Å². The van der Waals surface area contributed by atoms with Crippen LogP contribution < -0.4 is 5.32 Å². The van der Waals surface area contributed by atoms with Crippen molar-refractivity contribution in [1.82, 2.24) is 10.2 Å². The maximum atomic E-state index is 11.4. The number of carbonyl (C=O) groups excluding carboxylic acids is 3. The third-order valence-electron chi connectivity index (χ3n) is 2.90. The second-order valence-electron chi connectivity index (χ2n) is 4.34. The smallest absolute Gasteiger partial charge is 0.220 e. The van der Waals surface area contributed by atoms with Crippen LogP contribution in [0.5, 0.6) is 0 Å². The van der Waals surface area contributed by atoms with Crippen molar-refractivity contribution in [2.45, 2.75) is 33.2 Å². The Morgan fingerprint density at radius 1 is 1.25 bits per heavy atom. The molecule has 1 aliphatic heterocycles. The van der Waals surface area contributed by atoms with E-state index in [-0.39, 0.29) is 29.6 Å². The van der Waals surface area contributed by atoms with Gasteiger partial charge in [-0.25, -0.2) is 0 Å². The Morgan fingerprint density at radius 3 is 2.25 bits per heavy atom. The molecule has 0 aromatic rings. The predicted molar refractivity (Wildman–Crippen MR) is 58.6 cm³/mol. The zero-order valence-electron chi connectivity index (χ0n) is 9.95. The Morgan fingerprint density at radius 2 is 1.88 bits per heavy atom. The van der Waals surface area contributed by atoms with Crippen molar-refractivity contribution in [3.63, 3.8) is 0 Å². The van der Waals surface area contributed by atoms with Gasteiger partial charge in [0.15, 0.2) is 5.78 Å². The lowest BCUT2D eigenvalue weighted by molar-refractivity contribution is -0.135. The van der Waals surface area contributed by atoms with E-state index in [1.54, 1.807) is 4.90 Å². The summed E-state index contributed by atoms with van der Waals surface area (Å²) in [5.74, 6) is 0.0356. The largest absolute Gasteiger partial charge is 0.356 e. The van der Waals surface area contributed by atoms with E-state index < -0.39 is 0 Å². The standard InChI is InChI=1S/C11H18N2O3/c1-7(14)11-4-10(5-12-8(2)15)6-13(11)9(3)16/h10-11H,4-6H2,1-3H3,(H,12,15)/t10?,11-/m0/s1. The van der Waals surface area contributed by atoms with Gasteiger partial charge in [0.25, 0.3) is 0 Å². The van der Waals surface area contributed by atoms with Crippen LogP contribution in [0.3, 0.4) is 0 Å². The van der Waals surface area contributed by atoms with Gasteiger partial charge < -0.3 is 10.2 Å². The van der Waals surface area contributed by atoms with Crippen LogP contribution in [0.4, 0.5) is 0 Å². The summed E-state index contributed by atoms with van der Waals surface area (Å²) in [6.45, 7) is 5.51. The van der Waals surface area contributed by atoms with E-state index in [2.05, 4.69) is 5.32 Å². The minimum absolute atomic E-state index is 0.0144. The van der Waals surface area contributed by atoms with Crippen molar-refractivity contribution in [3.8, 4) is 0 Å². The number of Topliss-reactive ketones (excluding diaryl/α,β-unsaturated/α-hetero) is 1. The first-order valence-electron chi connectivity index (χ1n) is 5.44. The molecule has 0 radical (unpaired) electrons. The number of nitrogens with zero attached hydrogens (tertiary/aromatic N) is 1. The zero-order chi connectivity index (χ0) is 12.3. The van der Waals surface area contributed by atoms with Crippen molar-refractivity contribution in [1.29, 1.82) is 0 Å². The van der Waals surface area contributed by atoms with Gasteiger partial charge in [-0.2, -0.15) is 0 Å². The molecule has 0 aromatic heterocycles. The topological polar surface area (TPSA) is 66.5 Å². The molecular weight excluding hydrogens is 208 g/mol.